The number of unbranched alkanes of at least 4 members (excludes halogenated alkanes) is 1. The van der Waals surface area contributed by atoms with Crippen LogP contribution in [0, 0.1) is 11.8 Å². The third-order valence-corrected chi connectivity index (χ3v) is 3.42. The van der Waals surface area contributed by atoms with E-state index in [0.717, 1.165) is 18.3 Å². The van der Waals surface area contributed by atoms with Crippen molar-refractivity contribution in [3.63, 3.8) is 0 Å². The molecule has 1 nitrogen and oxygen atoms in total. The highest BCUT2D eigenvalue weighted by Gasteiger charge is 2.27. The zero-order valence-electron chi connectivity index (χ0n) is 8.84. The Hall–Kier alpha value is -0.300. The van der Waals surface area contributed by atoms with Gasteiger partial charge in [-0.2, -0.15) is 0 Å². The first kappa shape index (κ1) is 10.8. The molecule has 0 aliphatic heterocycles. The van der Waals surface area contributed by atoms with Gasteiger partial charge in [-0.3, -0.25) is 0 Å². The predicted octanol–water partition coefficient (Wildman–Crippen LogP) is 3.11. The quantitative estimate of drug-likeness (QED) is 0.512. The van der Waals surface area contributed by atoms with E-state index in [1.54, 1.807) is 0 Å². The fourth-order valence-corrected chi connectivity index (χ4v) is 2.52. The van der Waals surface area contributed by atoms with Crippen molar-refractivity contribution in [2.75, 3.05) is 0 Å². The second kappa shape index (κ2) is 5.43. The number of hydrogen-bond donors (Lipinski definition) is 1. The first-order valence-electron chi connectivity index (χ1n) is 5.62. The third-order valence-electron chi connectivity index (χ3n) is 3.42. The van der Waals surface area contributed by atoms with E-state index in [2.05, 4.69) is 13.5 Å². The lowest BCUT2D eigenvalue weighted by Gasteiger charge is -2.22. The van der Waals surface area contributed by atoms with Crippen molar-refractivity contribution >= 4 is 0 Å². The number of rotatable bonds is 5. The van der Waals surface area contributed by atoms with Gasteiger partial charge in [0.25, 0.3) is 0 Å². The van der Waals surface area contributed by atoms with Gasteiger partial charge >= 0.3 is 0 Å². The van der Waals surface area contributed by atoms with Crippen LogP contribution in [0.3, 0.4) is 0 Å². The molecule has 1 fully saturated rings. The van der Waals surface area contributed by atoms with Gasteiger partial charge in [-0.05, 0) is 37.5 Å². The Morgan fingerprint density at radius 3 is 2.85 bits per heavy atom. The molecule has 1 aliphatic carbocycles. The Labute approximate surface area is 82.4 Å². The van der Waals surface area contributed by atoms with Crippen molar-refractivity contribution in [2.45, 2.75) is 51.5 Å². The second-order valence-corrected chi connectivity index (χ2v) is 4.46. The molecule has 1 saturated carbocycles. The topological polar surface area (TPSA) is 26.0 Å². The zero-order valence-corrected chi connectivity index (χ0v) is 8.84. The van der Waals surface area contributed by atoms with Crippen LogP contribution in [0.5, 0.6) is 0 Å². The largest absolute Gasteiger partial charge is 0.327 e. The molecule has 3 unspecified atom stereocenters. The maximum Gasteiger partial charge on any atom is 0.00698 e. The molecule has 0 radical (unpaired) electrons. The van der Waals surface area contributed by atoms with E-state index in [1.807, 2.05) is 6.08 Å². The van der Waals surface area contributed by atoms with Gasteiger partial charge in [-0.25, -0.2) is 0 Å². The van der Waals surface area contributed by atoms with Crippen LogP contribution in [-0.4, -0.2) is 6.04 Å². The minimum absolute atomic E-state index is 0.442. The molecule has 0 amide bonds. The summed E-state index contributed by atoms with van der Waals surface area (Å²) in [6.07, 6.45) is 9.64. The number of allylic oxidation sites excluding steroid dienone is 1. The normalized spacial score (nSPS) is 30.3. The van der Waals surface area contributed by atoms with E-state index < -0.39 is 0 Å². The summed E-state index contributed by atoms with van der Waals surface area (Å²) in [4.78, 5) is 0. The van der Waals surface area contributed by atoms with Crippen LogP contribution in [0.1, 0.15) is 45.4 Å². The Morgan fingerprint density at radius 1 is 1.54 bits per heavy atom. The highest BCUT2D eigenvalue weighted by Crippen LogP contribution is 2.34. The van der Waals surface area contributed by atoms with Crippen molar-refractivity contribution < 1.29 is 0 Å². The predicted molar refractivity (Wildman–Crippen MR) is 58.5 cm³/mol. The summed E-state index contributed by atoms with van der Waals surface area (Å²) in [7, 11) is 0. The molecule has 0 aromatic carbocycles. The standard InChI is InChI=1S/C12H23N/c1-3-4-5-9-12(13)11-8-6-7-10(11)2/h3,10-12H,1,4-9,13H2,2H3. The fraction of sp³-hybridized carbons (Fsp3) is 0.833. The smallest absolute Gasteiger partial charge is 0.00698 e. The van der Waals surface area contributed by atoms with Crippen LogP contribution < -0.4 is 5.73 Å². The van der Waals surface area contributed by atoms with Crippen molar-refractivity contribution in [1.29, 1.82) is 0 Å². The molecule has 2 N–H and O–H groups in total. The van der Waals surface area contributed by atoms with E-state index in [0.29, 0.717) is 6.04 Å². The van der Waals surface area contributed by atoms with Gasteiger partial charge < -0.3 is 5.73 Å². The monoisotopic (exact) mass is 181 g/mol. The second-order valence-electron chi connectivity index (χ2n) is 4.46. The minimum Gasteiger partial charge on any atom is -0.327 e. The van der Waals surface area contributed by atoms with Crippen molar-refractivity contribution in [3.8, 4) is 0 Å². The Morgan fingerprint density at radius 2 is 2.31 bits per heavy atom. The lowest BCUT2D eigenvalue weighted by atomic mass is 9.88. The summed E-state index contributed by atoms with van der Waals surface area (Å²) in [5.41, 5.74) is 6.18. The molecule has 0 saturated heterocycles. The summed E-state index contributed by atoms with van der Waals surface area (Å²) in [6, 6.07) is 0.442. The highest BCUT2D eigenvalue weighted by molar-refractivity contribution is 4.83. The molecule has 1 rings (SSSR count). The third kappa shape index (κ3) is 3.15. The fourth-order valence-electron chi connectivity index (χ4n) is 2.52. The van der Waals surface area contributed by atoms with Gasteiger partial charge in [-0.15, -0.1) is 6.58 Å². The average Bonchev–Trinajstić information content (AvgIpc) is 2.52. The van der Waals surface area contributed by atoms with Gasteiger partial charge in [0.05, 0.1) is 0 Å². The maximum absolute atomic E-state index is 6.18. The number of hydrogen-bond acceptors (Lipinski definition) is 1. The molecule has 3 atom stereocenters. The molecule has 0 aromatic heterocycles. The lowest BCUT2D eigenvalue weighted by Crippen LogP contribution is -2.31. The summed E-state index contributed by atoms with van der Waals surface area (Å²) >= 11 is 0. The maximum atomic E-state index is 6.18. The van der Waals surface area contributed by atoms with Crippen molar-refractivity contribution in [1.82, 2.24) is 0 Å². The molecule has 0 bridgehead atoms. The van der Waals surface area contributed by atoms with E-state index in [9.17, 15) is 0 Å². The van der Waals surface area contributed by atoms with E-state index >= 15 is 0 Å². The summed E-state index contributed by atoms with van der Waals surface area (Å²) in [6.45, 7) is 6.08. The number of nitrogens with two attached hydrogens (primary N) is 1. The summed E-state index contributed by atoms with van der Waals surface area (Å²) in [5, 5.41) is 0. The van der Waals surface area contributed by atoms with Crippen LogP contribution in [0.2, 0.25) is 0 Å². The molecule has 13 heavy (non-hydrogen) atoms. The van der Waals surface area contributed by atoms with Crippen LogP contribution in [0.25, 0.3) is 0 Å². The van der Waals surface area contributed by atoms with E-state index in [-0.39, 0.29) is 0 Å². The molecule has 0 aromatic rings. The SMILES string of the molecule is C=CCCCC(N)C1CCCC1C. The first-order chi connectivity index (χ1) is 6.25. The van der Waals surface area contributed by atoms with Gasteiger partial charge in [0.15, 0.2) is 0 Å². The minimum atomic E-state index is 0.442. The van der Waals surface area contributed by atoms with Crippen LogP contribution in [0.15, 0.2) is 12.7 Å². The molecule has 76 valence electrons. The molecule has 0 heterocycles. The van der Waals surface area contributed by atoms with E-state index in [1.165, 1.54) is 32.1 Å². The average molecular weight is 181 g/mol. The van der Waals surface area contributed by atoms with Crippen molar-refractivity contribution in [2.24, 2.45) is 17.6 Å². The summed E-state index contributed by atoms with van der Waals surface area (Å²) < 4.78 is 0. The Bertz CT molecular complexity index is 153. The molecule has 1 heteroatoms. The van der Waals surface area contributed by atoms with E-state index in [4.69, 9.17) is 5.73 Å². The van der Waals surface area contributed by atoms with Crippen LogP contribution >= 0.6 is 0 Å². The zero-order chi connectivity index (χ0) is 9.68. The van der Waals surface area contributed by atoms with Crippen LogP contribution in [-0.2, 0) is 0 Å². The van der Waals surface area contributed by atoms with Gasteiger partial charge in [0, 0.05) is 6.04 Å². The van der Waals surface area contributed by atoms with Crippen molar-refractivity contribution in [3.05, 3.63) is 12.7 Å². The van der Waals surface area contributed by atoms with Gasteiger partial charge in [0.2, 0.25) is 0 Å². The Kier molecular flexibility index (Phi) is 4.51. The first-order valence-corrected chi connectivity index (χ1v) is 5.62. The lowest BCUT2D eigenvalue weighted by molar-refractivity contribution is 0.328. The molecule has 0 spiro atoms. The molecular weight excluding hydrogens is 158 g/mol. The molecular formula is C12H23N. The Balaban J connectivity index is 2.21. The van der Waals surface area contributed by atoms with Crippen LogP contribution in [0.4, 0.5) is 0 Å². The highest BCUT2D eigenvalue weighted by atomic mass is 14.7. The van der Waals surface area contributed by atoms with Gasteiger partial charge in [0.1, 0.15) is 0 Å². The summed E-state index contributed by atoms with van der Waals surface area (Å²) in [5.74, 6) is 1.66. The molecule has 1 aliphatic rings. The van der Waals surface area contributed by atoms with Gasteiger partial charge in [-0.1, -0.05) is 25.8 Å².